The molecule has 0 unspecified atom stereocenters. The Morgan fingerprint density at radius 1 is 1.30 bits per heavy atom. The molecule has 1 amide bonds. The number of piperazine rings is 1. The van der Waals surface area contributed by atoms with Crippen LogP contribution in [0.3, 0.4) is 0 Å². The van der Waals surface area contributed by atoms with Crippen molar-refractivity contribution in [1.82, 2.24) is 4.90 Å². The van der Waals surface area contributed by atoms with E-state index in [2.05, 4.69) is 26.9 Å². The molecule has 1 aromatic carbocycles. The van der Waals surface area contributed by atoms with E-state index in [0.717, 1.165) is 24.3 Å². The molecule has 1 aromatic rings. The Morgan fingerprint density at radius 2 is 1.96 bits per heavy atom. The highest BCUT2D eigenvalue weighted by atomic mass is 79.9. The van der Waals surface area contributed by atoms with Crippen LogP contribution < -0.4 is 4.90 Å². The molecule has 6 heteroatoms. The van der Waals surface area contributed by atoms with Crippen LogP contribution in [-0.4, -0.2) is 42.8 Å². The average molecular weight is 380 g/mol. The molecule has 2 rings (SSSR count). The van der Waals surface area contributed by atoms with E-state index in [1.54, 1.807) is 4.90 Å². The molecule has 0 spiro atoms. The molecule has 5 nitrogen and oxygen atoms in total. The molecule has 1 aliphatic rings. The van der Waals surface area contributed by atoms with Gasteiger partial charge in [0, 0.05) is 37.2 Å². The van der Waals surface area contributed by atoms with Gasteiger partial charge < -0.3 is 14.5 Å². The summed E-state index contributed by atoms with van der Waals surface area (Å²) in [7, 11) is 0. The first-order chi connectivity index (χ1) is 10.8. The van der Waals surface area contributed by atoms with Crippen molar-refractivity contribution in [3.63, 3.8) is 0 Å². The van der Waals surface area contributed by atoms with E-state index in [1.165, 1.54) is 0 Å². The van der Waals surface area contributed by atoms with Gasteiger partial charge in [0.15, 0.2) is 0 Å². The summed E-state index contributed by atoms with van der Waals surface area (Å²) in [5, 5.41) is 9.71. The molecule has 0 radical (unpaired) electrons. The maximum absolute atomic E-state index is 12.1. The molecule has 0 aliphatic carbocycles. The largest absolute Gasteiger partial charge is 0.444 e. The number of hydrogen-bond acceptors (Lipinski definition) is 4. The highest BCUT2D eigenvalue weighted by Gasteiger charge is 2.26. The molecule has 1 saturated heterocycles. The number of amides is 1. The summed E-state index contributed by atoms with van der Waals surface area (Å²) in [5.41, 5.74) is 2.40. The Kier molecular flexibility index (Phi) is 5.53. The fourth-order valence-electron chi connectivity index (χ4n) is 2.53. The first-order valence-corrected chi connectivity index (χ1v) is 8.78. The van der Waals surface area contributed by atoms with Crippen molar-refractivity contribution in [2.24, 2.45) is 0 Å². The Hall–Kier alpha value is -1.74. The summed E-state index contributed by atoms with van der Waals surface area (Å²) in [6, 6.07) is 7.89. The van der Waals surface area contributed by atoms with Crippen LogP contribution in [0, 0.1) is 11.3 Å². The van der Waals surface area contributed by atoms with Crippen molar-refractivity contribution in [2.45, 2.75) is 31.7 Å². The lowest BCUT2D eigenvalue weighted by Gasteiger charge is -2.37. The number of nitrogens with zero attached hydrogens (tertiary/aromatic N) is 3. The SMILES string of the molecule is CC(C)(C)OC(=O)N1CCN(c2ccc(C#N)cc2CBr)CC1. The molecular formula is C17H22BrN3O2. The van der Waals surface area contributed by atoms with Gasteiger partial charge in [-0.25, -0.2) is 4.79 Å². The van der Waals surface area contributed by atoms with Crippen LogP contribution >= 0.6 is 15.9 Å². The zero-order valence-electron chi connectivity index (χ0n) is 13.8. The van der Waals surface area contributed by atoms with Gasteiger partial charge in [-0.1, -0.05) is 15.9 Å². The number of nitriles is 1. The van der Waals surface area contributed by atoms with E-state index in [9.17, 15) is 4.79 Å². The number of rotatable bonds is 2. The van der Waals surface area contributed by atoms with Crippen molar-refractivity contribution in [3.05, 3.63) is 29.3 Å². The summed E-state index contributed by atoms with van der Waals surface area (Å²) in [6.07, 6.45) is -0.252. The molecule has 1 aliphatic heterocycles. The highest BCUT2D eigenvalue weighted by Crippen LogP contribution is 2.25. The Labute approximate surface area is 145 Å². The lowest BCUT2D eigenvalue weighted by atomic mass is 10.1. The van der Waals surface area contributed by atoms with Gasteiger partial charge in [-0.05, 0) is 44.5 Å². The minimum Gasteiger partial charge on any atom is -0.444 e. The van der Waals surface area contributed by atoms with Gasteiger partial charge in [0.1, 0.15) is 5.60 Å². The van der Waals surface area contributed by atoms with Gasteiger partial charge >= 0.3 is 6.09 Å². The van der Waals surface area contributed by atoms with E-state index in [-0.39, 0.29) is 6.09 Å². The molecule has 0 saturated carbocycles. The summed E-state index contributed by atoms with van der Waals surface area (Å²) < 4.78 is 5.42. The lowest BCUT2D eigenvalue weighted by Crippen LogP contribution is -2.50. The minimum atomic E-state index is -0.468. The van der Waals surface area contributed by atoms with E-state index < -0.39 is 5.60 Å². The first kappa shape index (κ1) is 17.6. The number of carbonyl (C=O) groups is 1. The Bertz CT molecular complexity index is 611. The predicted molar refractivity (Wildman–Crippen MR) is 93.8 cm³/mol. The van der Waals surface area contributed by atoms with Crippen molar-refractivity contribution in [3.8, 4) is 6.07 Å². The van der Waals surface area contributed by atoms with E-state index in [1.807, 2.05) is 39.0 Å². The van der Waals surface area contributed by atoms with Crippen LogP contribution in [0.2, 0.25) is 0 Å². The molecule has 0 N–H and O–H groups in total. The zero-order chi connectivity index (χ0) is 17.0. The zero-order valence-corrected chi connectivity index (χ0v) is 15.4. The number of halogens is 1. The Balaban J connectivity index is 2.02. The molecule has 124 valence electrons. The van der Waals surface area contributed by atoms with Crippen molar-refractivity contribution in [2.75, 3.05) is 31.1 Å². The van der Waals surface area contributed by atoms with Gasteiger partial charge in [-0.15, -0.1) is 0 Å². The number of benzene rings is 1. The number of ether oxygens (including phenoxy) is 1. The van der Waals surface area contributed by atoms with E-state index in [4.69, 9.17) is 10.00 Å². The van der Waals surface area contributed by atoms with Crippen molar-refractivity contribution in [1.29, 1.82) is 5.26 Å². The monoisotopic (exact) mass is 379 g/mol. The smallest absolute Gasteiger partial charge is 0.410 e. The molecule has 0 atom stereocenters. The van der Waals surface area contributed by atoms with E-state index in [0.29, 0.717) is 24.0 Å². The van der Waals surface area contributed by atoms with E-state index >= 15 is 0 Å². The molecule has 1 heterocycles. The maximum Gasteiger partial charge on any atom is 0.410 e. The predicted octanol–water partition coefficient (Wildman–Crippen LogP) is 3.51. The second-order valence-corrected chi connectivity index (χ2v) is 7.10. The molecular weight excluding hydrogens is 358 g/mol. The van der Waals surface area contributed by atoms with Crippen molar-refractivity contribution >= 4 is 27.7 Å². The van der Waals surface area contributed by atoms with Gasteiger partial charge in [0.2, 0.25) is 0 Å². The van der Waals surface area contributed by atoms with Crippen LogP contribution in [0.1, 0.15) is 31.9 Å². The van der Waals surface area contributed by atoms with Gasteiger partial charge in [0.05, 0.1) is 11.6 Å². The molecule has 23 heavy (non-hydrogen) atoms. The fraction of sp³-hybridized carbons (Fsp3) is 0.529. The third-order valence-corrected chi connectivity index (χ3v) is 4.23. The van der Waals surface area contributed by atoms with Gasteiger partial charge in [-0.3, -0.25) is 0 Å². The number of carbonyl (C=O) groups excluding carboxylic acids is 1. The van der Waals surface area contributed by atoms with Crippen LogP contribution in [0.5, 0.6) is 0 Å². The lowest BCUT2D eigenvalue weighted by molar-refractivity contribution is 0.0240. The molecule has 1 fully saturated rings. The summed E-state index contributed by atoms with van der Waals surface area (Å²) >= 11 is 3.49. The standard InChI is InChI=1S/C17H22BrN3O2/c1-17(2,3)23-16(22)21-8-6-20(7-9-21)15-5-4-13(12-19)10-14(15)11-18/h4-5,10H,6-9,11H2,1-3H3. The first-order valence-electron chi connectivity index (χ1n) is 7.66. The molecule has 0 bridgehead atoms. The second kappa shape index (κ2) is 7.22. The summed E-state index contributed by atoms with van der Waals surface area (Å²) in [5.74, 6) is 0. The summed E-state index contributed by atoms with van der Waals surface area (Å²) in [4.78, 5) is 16.1. The fourth-order valence-corrected chi connectivity index (χ4v) is 2.98. The van der Waals surface area contributed by atoms with Crippen LogP contribution in [0.15, 0.2) is 18.2 Å². The minimum absolute atomic E-state index is 0.252. The van der Waals surface area contributed by atoms with Gasteiger partial charge in [-0.2, -0.15) is 5.26 Å². The third kappa shape index (κ3) is 4.61. The topological polar surface area (TPSA) is 56.6 Å². The quantitative estimate of drug-likeness (QED) is 0.737. The number of anilines is 1. The van der Waals surface area contributed by atoms with Gasteiger partial charge in [0.25, 0.3) is 0 Å². The number of hydrogen-bond donors (Lipinski definition) is 0. The van der Waals surface area contributed by atoms with Crippen LogP contribution in [0.25, 0.3) is 0 Å². The maximum atomic E-state index is 12.1. The second-order valence-electron chi connectivity index (χ2n) is 6.54. The summed E-state index contributed by atoms with van der Waals surface area (Å²) in [6.45, 7) is 8.41. The Morgan fingerprint density at radius 3 is 2.48 bits per heavy atom. The normalized spacial score (nSPS) is 15.3. The third-order valence-electron chi connectivity index (χ3n) is 3.62. The molecule has 0 aromatic heterocycles. The number of alkyl halides is 1. The van der Waals surface area contributed by atoms with Crippen LogP contribution in [0.4, 0.5) is 10.5 Å². The van der Waals surface area contributed by atoms with Crippen LogP contribution in [-0.2, 0) is 10.1 Å². The van der Waals surface area contributed by atoms with Crippen molar-refractivity contribution < 1.29 is 9.53 Å². The highest BCUT2D eigenvalue weighted by molar-refractivity contribution is 9.08. The average Bonchev–Trinajstić information content (AvgIpc) is 2.52.